The summed E-state index contributed by atoms with van der Waals surface area (Å²) in [6, 6.07) is 11.1. The van der Waals surface area contributed by atoms with Gasteiger partial charge in [-0.3, -0.25) is 9.69 Å². The zero-order valence-electron chi connectivity index (χ0n) is 22.2. The highest BCUT2D eigenvalue weighted by Gasteiger charge is 2.60. The van der Waals surface area contributed by atoms with Crippen molar-refractivity contribution in [3.63, 3.8) is 0 Å². The summed E-state index contributed by atoms with van der Waals surface area (Å²) in [6.07, 6.45) is 7.96. The van der Waals surface area contributed by atoms with Crippen molar-refractivity contribution in [3.8, 4) is 0 Å². The van der Waals surface area contributed by atoms with Crippen LogP contribution in [0.25, 0.3) is 0 Å². The zero-order chi connectivity index (χ0) is 26.3. The maximum absolute atomic E-state index is 14.7. The third-order valence-electron chi connectivity index (χ3n) is 9.69. The van der Waals surface area contributed by atoms with Crippen molar-refractivity contribution < 1.29 is 24.6 Å². The molecule has 0 bridgehead atoms. The van der Waals surface area contributed by atoms with Crippen LogP contribution in [0.15, 0.2) is 30.3 Å². The van der Waals surface area contributed by atoms with Gasteiger partial charge in [-0.1, -0.05) is 60.9 Å². The van der Waals surface area contributed by atoms with Crippen LogP contribution < -0.4 is 10.3 Å². The maximum Gasteiger partial charge on any atom is 0.410 e. The molecule has 1 aromatic heterocycles. The molecule has 4 atom stereocenters. The van der Waals surface area contributed by atoms with Gasteiger partial charge in [-0.15, -0.1) is 0 Å². The number of methoxy groups -OCH3 is 1. The van der Waals surface area contributed by atoms with Crippen molar-refractivity contribution in [1.82, 2.24) is 9.80 Å². The van der Waals surface area contributed by atoms with E-state index >= 15 is 0 Å². The van der Waals surface area contributed by atoms with E-state index in [2.05, 4.69) is 45.5 Å². The Balaban J connectivity index is 1.32. The van der Waals surface area contributed by atoms with Crippen molar-refractivity contribution in [2.75, 3.05) is 33.3 Å². The molecule has 9 heteroatoms. The number of carbonyl (C=O) groups excluding carboxylic acids is 2. The molecule has 4 heterocycles. The quantitative estimate of drug-likeness (QED) is 0.625. The number of nitrogens with zero attached hydrogens (tertiary/aromatic N) is 2. The molecular weight excluding hydrogens is 520 g/mol. The molecule has 4 aliphatic rings. The van der Waals surface area contributed by atoms with Gasteiger partial charge in [0.15, 0.2) is 0 Å². The number of likely N-dealkylation sites (tertiary alicyclic amines) is 1. The molecule has 1 aliphatic carbocycles. The van der Waals surface area contributed by atoms with Crippen LogP contribution in [0.2, 0.25) is 4.47 Å². The summed E-state index contributed by atoms with van der Waals surface area (Å²) in [5.74, 6) is 1.14. The van der Waals surface area contributed by atoms with Crippen molar-refractivity contribution in [3.05, 3.63) is 50.9 Å². The van der Waals surface area contributed by atoms with E-state index < -0.39 is 5.41 Å². The number of quaternary nitrogens is 1. The number of hydrogen-bond donors (Lipinski definition) is 1. The van der Waals surface area contributed by atoms with Gasteiger partial charge in [0, 0.05) is 30.7 Å². The number of piperidine rings is 1. The minimum Gasteiger partial charge on any atom is -0.453 e. The predicted molar refractivity (Wildman–Crippen MR) is 146 cm³/mol. The molecule has 7 nitrogen and oxygen atoms in total. The van der Waals surface area contributed by atoms with Crippen LogP contribution in [0.4, 0.5) is 4.79 Å². The first-order valence-electron chi connectivity index (χ1n) is 14.2. The Labute approximate surface area is 233 Å². The van der Waals surface area contributed by atoms with Gasteiger partial charge in [0.1, 0.15) is 12.5 Å². The van der Waals surface area contributed by atoms with Gasteiger partial charge >= 0.3 is 10.6 Å². The Morgan fingerprint density at radius 1 is 1.16 bits per heavy atom. The second-order valence-corrected chi connectivity index (χ2v) is 13.3. The normalized spacial score (nSPS) is 29.9. The van der Waals surface area contributed by atoms with Crippen molar-refractivity contribution in [2.45, 2.75) is 68.9 Å². The monoisotopic (exact) mass is 558 g/mol. The first kappa shape index (κ1) is 26.1. The number of amides is 2. The van der Waals surface area contributed by atoms with E-state index in [1.54, 1.807) is 16.2 Å². The number of nitrogens with one attached hydrogen (secondary N) is 1. The smallest absolute Gasteiger partial charge is 0.410 e. The minimum atomic E-state index is -0.458. The molecule has 1 saturated carbocycles. The third-order valence-corrected chi connectivity index (χ3v) is 11.2. The van der Waals surface area contributed by atoms with Gasteiger partial charge in [0.25, 0.3) is 0 Å². The van der Waals surface area contributed by atoms with Crippen LogP contribution in [0, 0.1) is 11.8 Å². The number of H-pyrrole nitrogens is 1. The van der Waals surface area contributed by atoms with Crippen molar-refractivity contribution in [1.29, 1.82) is 0 Å². The average molecular weight is 559 g/mol. The Bertz CT molecular complexity index is 1170. The highest BCUT2D eigenvalue weighted by atomic mass is 35.5. The lowest BCUT2D eigenvalue weighted by molar-refractivity contribution is -0.640. The average Bonchev–Trinajstić information content (AvgIpc) is 3.56. The van der Waals surface area contributed by atoms with E-state index in [1.165, 1.54) is 44.8 Å². The minimum absolute atomic E-state index is 0.198. The van der Waals surface area contributed by atoms with Gasteiger partial charge in [0.2, 0.25) is 11.6 Å². The van der Waals surface area contributed by atoms with E-state index in [9.17, 15) is 9.59 Å². The zero-order valence-corrected chi connectivity index (χ0v) is 23.7. The summed E-state index contributed by atoms with van der Waals surface area (Å²) in [5.41, 5.74) is 1.89. The van der Waals surface area contributed by atoms with Gasteiger partial charge < -0.3 is 15.0 Å². The standard InChI is InChI=1S/C29H37ClN4O3S/c1-37-28(36)33-16-23-25(38-27(30)32-23)29(18-33)17-31-15-22(29)26(35)34-13-12-21(19-8-4-2-5-9-19)14-24(34)20-10-6-3-7-11-20/h2,4-5,8-9,20-22,24,31H,3,6-7,10-18H2,1H3/p+2/t21-,22+,24+,29+/m1/s1. The van der Waals surface area contributed by atoms with Gasteiger partial charge in [-0.05, 0) is 43.1 Å². The molecule has 3 N–H and O–H groups in total. The van der Waals surface area contributed by atoms with E-state index in [-0.39, 0.29) is 24.0 Å². The number of fused-ring (bicyclic) bond motifs is 2. The van der Waals surface area contributed by atoms with Crippen LogP contribution in [-0.2, 0) is 21.5 Å². The first-order valence-corrected chi connectivity index (χ1v) is 15.4. The topological polar surface area (TPSA) is 80.6 Å². The third kappa shape index (κ3) is 4.62. The Morgan fingerprint density at radius 3 is 2.71 bits per heavy atom. The molecule has 1 spiro atoms. The Kier molecular flexibility index (Phi) is 7.40. The summed E-state index contributed by atoms with van der Waals surface area (Å²) >= 11 is 8.01. The molecule has 0 unspecified atom stereocenters. The van der Waals surface area contributed by atoms with E-state index in [1.807, 2.05) is 0 Å². The lowest BCUT2D eigenvalue weighted by Crippen LogP contribution is -2.83. The fourth-order valence-electron chi connectivity index (χ4n) is 7.89. The number of aromatic amines is 1. The molecule has 2 amide bonds. The summed E-state index contributed by atoms with van der Waals surface area (Å²) in [6.45, 7) is 3.22. The molecule has 6 rings (SSSR count). The highest BCUT2D eigenvalue weighted by Crippen LogP contribution is 2.46. The molecule has 2 saturated heterocycles. The number of aromatic nitrogens is 1. The fourth-order valence-corrected chi connectivity index (χ4v) is 9.32. The summed E-state index contributed by atoms with van der Waals surface area (Å²) in [7, 11) is 1.42. The van der Waals surface area contributed by atoms with Gasteiger partial charge in [-0.25, -0.2) is 4.79 Å². The second kappa shape index (κ2) is 10.8. The fraction of sp³-hybridized carbons (Fsp3) is 0.621. The molecule has 3 fully saturated rings. The van der Waals surface area contributed by atoms with E-state index in [4.69, 9.17) is 16.3 Å². The highest BCUT2D eigenvalue weighted by molar-refractivity contribution is 7.15. The van der Waals surface area contributed by atoms with E-state index in [0.29, 0.717) is 29.4 Å². The number of nitrogens with two attached hydrogens (primary N) is 1. The molecule has 2 aromatic rings. The Morgan fingerprint density at radius 2 is 1.95 bits per heavy atom. The number of rotatable bonds is 3. The molecular formula is C29H39ClN4O3S+2. The number of hydrogen-bond acceptors (Lipinski definition) is 4. The summed E-state index contributed by atoms with van der Waals surface area (Å²) in [5, 5.41) is 2.26. The van der Waals surface area contributed by atoms with Crippen molar-refractivity contribution in [2.24, 2.45) is 11.8 Å². The predicted octanol–water partition coefficient (Wildman–Crippen LogP) is 3.58. The molecule has 204 valence electrons. The SMILES string of the molecule is COC(=O)N1Cc2[nH+]c(Cl)sc2[C@@]2(C[NH2+]C[C@H]2C(=O)N2CC[C@@H](c3ccccc3)C[C@H]2C2CCCCC2)C1. The van der Waals surface area contributed by atoms with Gasteiger partial charge in [0.05, 0.1) is 30.5 Å². The Hall–Kier alpha value is -2.16. The summed E-state index contributed by atoms with van der Waals surface area (Å²) in [4.78, 5) is 35.8. The van der Waals surface area contributed by atoms with Crippen LogP contribution in [0.1, 0.15) is 67.0 Å². The van der Waals surface area contributed by atoms with Crippen molar-refractivity contribution >= 4 is 34.9 Å². The number of ether oxygens (including phenoxy) is 1. The number of halogens is 1. The van der Waals surface area contributed by atoms with Crippen LogP contribution in [0.3, 0.4) is 0 Å². The largest absolute Gasteiger partial charge is 0.453 e. The lowest BCUT2D eigenvalue weighted by atomic mass is 9.71. The molecule has 1 aromatic carbocycles. The second-order valence-electron chi connectivity index (χ2n) is 11.7. The maximum atomic E-state index is 14.7. The summed E-state index contributed by atoms with van der Waals surface area (Å²) < 4.78 is 5.71. The molecule has 0 radical (unpaired) electrons. The lowest BCUT2D eigenvalue weighted by Gasteiger charge is -2.47. The van der Waals surface area contributed by atoms with E-state index in [0.717, 1.165) is 43.0 Å². The van der Waals surface area contributed by atoms with Crippen LogP contribution in [0.5, 0.6) is 0 Å². The molecule has 3 aliphatic heterocycles. The number of benzene rings is 1. The molecule has 38 heavy (non-hydrogen) atoms. The first-order chi connectivity index (χ1) is 18.5. The van der Waals surface area contributed by atoms with Crippen LogP contribution >= 0.6 is 22.9 Å². The van der Waals surface area contributed by atoms with Gasteiger partial charge in [-0.2, -0.15) is 4.98 Å². The number of thiazole rings is 1. The number of carbonyl (C=O) groups is 2. The van der Waals surface area contributed by atoms with Crippen LogP contribution in [-0.4, -0.2) is 61.1 Å².